The number of hydrogen-bond donors (Lipinski definition) is 0. The summed E-state index contributed by atoms with van der Waals surface area (Å²) < 4.78 is 5.48. The maximum absolute atomic E-state index is 10.9. The van der Waals surface area contributed by atoms with Crippen LogP contribution in [0.4, 0.5) is 11.4 Å². The van der Waals surface area contributed by atoms with Crippen LogP contribution >= 0.6 is 11.6 Å². The first kappa shape index (κ1) is 15.1. The van der Waals surface area contributed by atoms with Gasteiger partial charge in [0.25, 0.3) is 5.69 Å². The largest absolute Gasteiger partial charge is 0.381 e. The fourth-order valence-corrected chi connectivity index (χ4v) is 2.75. The Bertz CT molecular complexity index is 475. The molecule has 1 unspecified atom stereocenters. The van der Waals surface area contributed by atoms with Crippen molar-refractivity contribution in [1.82, 2.24) is 0 Å². The molecule has 1 aromatic carbocycles. The van der Waals surface area contributed by atoms with Gasteiger partial charge in [-0.15, -0.1) is 11.6 Å². The van der Waals surface area contributed by atoms with Crippen LogP contribution in [0.1, 0.15) is 18.4 Å². The van der Waals surface area contributed by atoms with Gasteiger partial charge in [-0.05, 0) is 30.9 Å². The van der Waals surface area contributed by atoms with Gasteiger partial charge in [0.15, 0.2) is 0 Å². The Morgan fingerprint density at radius 2 is 2.35 bits per heavy atom. The van der Waals surface area contributed by atoms with Gasteiger partial charge >= 0.3 is 0 Å². The van der Waals surface area contributed by atoms with E-state index in [1.807, 2.05) is 7.05 Å². The van der Waals surface area contributed by atoms with E-state index < -0.39 is 4.92 Å². The molecule has 0 aromatic heterocycles. The Labute approximate surface area is 123 Å². The molecule has 1 aliphatic rings. The molecule has 0 N–H and O–H groups in total. The van der Waals surface area contributed by atoms with Crippen molar-refractivity contribution in [3.8, 4) is 0 Å². The first-order valence-corrected chi connectivity index (χ1v) is 7.27. The molecule has 5 nitrogen and oxygen atoms in total. The molecule has 0 spiro atoms. The summed E-state index contributed by atoms with van der Waals surface area (Å²) in [6.45, 7) is 2.54. The van der Waals surface area contributed by atoms with Gasteiger partial charge in [0.1, 0.15) is 0 Å². The van der Waals surface area contributed by atoms with E-state index in [9.17, 15) is 10.1 Å². The van der Waals surface area contributed by atoms with Gasteiger partial charge in [-0.25, -0.2) is 0 Å². The van der Waals surface area contributed by atoms with Crippen molar-refractivity contribution in [3.05, 3.63) is 33.9 Å². The number of rotatable bonds is 5. The van der Waals surface area contributed by atoms with E-state index in [1.54, 1.807) is 12.1 Å². The van der Waals surface area contributed by atoms with Crippen molar-refractivity contribution in [2.24, 2.45) is 5.92 Å². The van der Waals surface area contributed by atoms with Crippen LogP contribution < -0.4 is 4.90 Å². The fourth-order valence-electron chi connectivity index (χ4n) is 2.54. The molecule has 1 fully saturated rings. The maximum atomic E-state index is 10.9. The predicted octanol–water partition coefficient (Wildman–Crippen LogP) is 3.20. The number of nitrogens with zero attached hydrogens (tertiary/aromatic N) is 2. The second-order valence-corrected chi connectivity index (χ2v) is 5.43. The number of halogens is 1. The summed E-state index contributed by atoms with van der Waals surface area (Å²) in [5.41, 5.74) is 1.59. The molecule has 0 bridgehead atoms. The van der Waals surface area contributed by atoms with Gasteiger partial charge < -0.3 is 9.64 Å². The van der Waals surface area contributed by atoms with Crippen molar-refractivity contribution in [1.29, 1.82) is 0 Å². The van der Waals surface area contributed by atoms with E-state index in [-0.39, 0.29) is 11.6 Å². The van der Waals surface area contributed by atoms with Crippen LogP contribution in [0.5, 0.6) is 0 Å². The van der Waals surface area contributed by atoms with E-state index in [0.29, 0.717) is 11.5 Å². The molecule has 0 amide bonds. The van der Waals surface area contributed by atoms with E-state index >= 15 is 0 Å². The van der Waals surface area contributed by atoms with E-state index in [4.69, 9.17) is 16.3 Å². The summed E-state index contributed by atoms with van der Waals surface area (Å²) in [5, 5.41) is 10.9. The van der Waals surface area contributed by atoms with Crippen LogP contribution in [0, 0.1) is 16.0 Å². The van der Waals surface area contributed by atoms with Crippen LogP contribution in [-0.2, 0) is 10.6 Å². The van der Waals surface area contributed by atoms with Crippen LogP contribution in [0.15, 0.2) is 18.2 Å². The van der Waals surface area contributed by atoms with Crippen molar-refractivity contribution >= 4 is 23.0 Å². The number of nitro benzene ring substituents is 1. The normalized spacial score (nSPS) is 18.8. The summed E-state index contributed by atoms with van der Waals surface area (Å²) >= 11 is 5.80. The molecule has 20 heavy (non-hydrogen) atoms. The lowest BCUT2D eigenvalue weighted by molar-refractivity contribution is -0.385. The Morgan fingerprint density at radius 1 is 1.55 bits per heavy atom. The minimum atomic E-state index is -0.392. The third kappa shape index (κ3) is 3.61. The number of ether oxygens (including phenoxy) is 1. The molecule has 1 aromatic rings. The van der Waals surface area contributed by atoms with Gasteiger partial charge in [0, 0.05) is 37.5 Å². The van der Waals surface area contributed by atoms with Gasteiger partial charge in [0.05, 0.1) is 17.4 Å². The average molecular weight is 299 g/mol. The Hall–Kier alpha value is -1.33. The first-order chi connectivity index (χ1) is 9.61. The SMILES string of the molecule is CN(CC1CCCOC1)c1ccc([N+](=O)[O-])c(CCl)c1. The monoisotopic (exact) mass is 298 g/mol. The predicted molar refractivity (Wildman–Crippen MR) is 79.5 cm³/mol. The molecule has 1 aliphatic heterocycles. The number of nitro groups is 1. The number of alkyl halides is 1. The standard InChI is InChI=1S/C14H19ClN2O3/c1-16(9-11-3-2-6-20-10-11)13-4-5-14(17(18)19)12(7-13)8-15/h4-5,7,11H,2-3,6,8-10H2,1H3. The third-order valence-corrected chi connectivity index (χ3v) is 3.92. The van der Waals surface area contributed by atoms with Gasteiger partial charge in [0.2, 0.25) is 0 Å². The second-order valence-electron chi connectivity index (χ2n) is 5.17. The lowest BCUT2D eigenvalue weighted by Gasteiger charge is -2.28. The number of benzene rings is 1. The first-order valence-electron chi connectivity index (χ1n) is 6.74. The smallest absolute Gasteiger partial charge is 0.273 e. The van der Waals surface area contributed by atoms with E-state index in [1.165, 1.54) is 12.5 Å². The van der Waals surface area contributed by atoms with Crippen molar-refractivity contribution in [2.75, 3.05) is 31.7 Å². The molecule has 2 rings (SSSR count). The van der Waals surface area contributed by atoms with Crippen molar-refractivity contribution in [3.63, 3.8) is 0 Å². The molecule has 1 atom stereocenters. The van der Waals surface area contributed by atoms with Crippen LogP contribution in [0.3, 0.4) is 0 Å². The maximum Gasteiger partial charge on any atom is 0.273 e. The minimum absolute atomic E-state index is 0.0816. The van der Waals surface area contributed by atoms with Crippen LogP contribution in [0.25, 0.3) is 0 Å². The van der Waals surface area contributed by atoms with E-state index in [0.717, 1.165) is 31.9 Å². The Balaban J connectivity index is 2.09. The molecule has 0 saturated carbocycles. The fraction of sp³-hybridized carbons (Fsp3) is 0.571. The Kier molecular flexibility index (Phi) is 5.20. The lowest BCUT2D eigenvalue weighted by atomic mass is 10.0. The zero-order chi connectivity index (χ0) is 14.5. The summed E-state index contributed by atoms with van der Waals surface area (Å²) in [6.07, 6.45) is 2.27. The molecular weight excluding hydrogens is 280 g/mol. The van der Waals surface area contributed by atoms with Gasteiger partial charge in [-0.3, -0.25) is 10.1 Å². The van der Waals surface area contributed by atoms with Crippen molar-refractivity contribution < 1.29 is 9.66 Å². The molecule has 6 heteroatoms. The highest BCUT2D eigenvalue weighted by Crippen LogP contribution is 2.27. The summed E-state index contributed by atoms with van der Waals surface area (Å²) in [7, 11) is 1.99. The lowest BCUT2D eigenvalue weighted by Crippen LogP contribution is -2.30. The summed E-state index contributed by atoms with van der Waals surface area (Å²) in [5.74, 6) is 0.660. The third-order valence-electron chi connectivity index (χ3n) is 3.63. The quantitative estimate of drug-likeness (QED) is 0.476. The summed E-state index contributed by atoms with van der Waals surface area (Å²) in [6, 6.07) is 5.10. The minimum Gasteiger partial charge on any atom is -0.381 e. The van der Waals surface area contributed by atoms with Crippen molar-refractivity contribution in [2.45, 2.75) is 18.7 Å². The zero-order valence-electron chi connectivity index (χ0n) is 11.5. The van der Waals surface area contributed by atoms with Gasteiger partial charge in [-0.1, -0.05) is 0 Å². The molecule has 1 heterocycles. The highest BCUT2D eigenvalue weighted by atomic mass is 35.5. The number of hydrogen-bond acceptors (Lipinski definition) is 4. The van der Waals surface area contributed by atoms with Gasteiger partial charge in [-0.2, -0.15) is 0 Å². The van der Waals surface area contributed by atoms with E-state index in [2.05, 4.69) is 4.90 Å². The highest BCUT2D eigenvalue weighted by Gasteiger charge is 2.18. The van der Waals surface area contributed by atoms with Crippen LogP contribution in [0.2, 0.25) is 0 Å². The second kappa shape index (κ2) is 6.90. The molecule has 1 saturated heterocycles. The average Bonchev–Trinajstić information content (AvgIpc) is 2.47. The summed E-state index contributed by atoms with van der Waals surface area (Å²) in [4.78, 5) is 12.6. The van der Waals surface area contributed by atoms with Crippen LogP contribution in [-0.4, -0.2) is 31.7 Å². The molecule has 110 valence electrons. The number of anilines is 1. The topological polar surface area (TPSA) is 55.6 Å². The zero-order valence-corrected chi connectivity index (χ0v) is 12.3. The Morgan fingerprint density at radius 3 is 2.95 bits per heavy atom. The molecular formula is C14H19ClN2O3. The highest BCUT2D eigenvalue weighted by molar-refractivity contribution is 6.17. The molecule has 0 aliphatic carbocycles. The molecule has 0 radical (unpaired) electrons.